The average molecular weight is 380 g/mol. The van der Waals surface area contributed by atoms with Crippen molar-refractivity contribution < 1.29 is 0 Å². The molecule has 154 valence electrons. The Labute approximate surface area is 174 Å². The van der Waals surface area contributed by atoms with Gasteiger partial charge < -0.3 is 0 Å². The lowest BCUT2D eigenvalue weighted by atomic mass is 10.1. The van der Waals surface area contributed by atoms with Crippen LogP contribution >= 0.6 is 0 Å². The molecule has 1 nitrogen and oxygen atoms in total. The lowest BCUT2D eigenvalue weighted by Crippen LogP contribution is -1.81. The molecule has 0 radical (unpaired) electrons. The Bertz CT molecular complexity index is 646. The first-order valence-corrected chi connectivity index (χ1v) is 10.3. The molecule has 0 aliphatic heterocycles. The SMILES string of the molecule is CC.CC.Cc1cccc(C)c1.Cc1cccc(C)n1.Cc1ccccc1C. The number of aryl methyl sites for hydroxylation is 6. The van der Waals surface area contributed by atoms with E-state index in [2.05, 4.69) is 81.2 Å². The lowest BCUT2D eigenvalue weighted by Gasteiger charge is -1.93. The van der Waals surface area contributed by atoms with Gasteiger partial charge in [0.15, 0.2) is 0 Å². The third kappa shape index (κ3) is 14.7. The van der Waals surface area contributed by atoms with Gasteiger partial charge in [0.2, 0.25) is 0 Å². The minimum absolute atomic E-state index is 1.09. The Morgan fingerprint density at radius 3 is 1.04 bits per heavy atom. The Morgan fingerprint density at radius 2 is 0.821 bits per heavy atom. The van der Waals surface area contributed by atoms with Gasteiger partial charge in [-0.2, -0.15) is 0 Å². The zero-order chi connectivity index (χ0) is 21.9. The average Bonchev–Trinajstić information content (AvgIpc) is 2.68. The zero-order valence-electron chi connectivity index (χ0n) is 19.8. The first-order chi connectivity index (χ1) is 13.4. The van der Waals surface area contributed by atoms with Gasteiger partial charge in [-0.3, -0.25) is 4.98 Å². The van der Waals surface area contributed by atoms with E-state index in [1.165, 1.54) is 22.3 Å². The number of hydrogen-bond donors (Lipinski definition) is 0. The highest BCUT2D eigenvalue weighted by molar-refractivity contribution is 5.23. The summed E-state index contributed by atoms with van der Waals surface area (Å²) >= 11 is 0. The summed E-state index contributed by atoms with van der Waals surface area (Å²) in [6.07, 6.45) is 0. The molecule has 0 saturated heterocycles. The topological polar surface area (TPSA) is 12.9 Å². The number of hydrogen-bond acceptors (Lipinski definition) is 1. The number of benzene rings is 2. The van der Waals surface area contributed by atoms with Gasteiger partial charge in [-0.05, 0) is 64.8 Å². The van der Waals surface area contributed by atoms with Crippen molar-refractivity contribution in [3.63, 3.8) is 0 Å². The van der Waals surface area contributed by atoms with E-state index in [0.717, 1.165) is 11.4 Å². The van der Waals surface area contributed by atoms with Crippen molar-refractivity contribution in [3.8, 4) is 0 Å². The Morgan fingerprint density at radius 1 is 0.464 bits per heavy atom. The fourth-order valence-corrected chi connectivity index (χ4v) is 2.15. The van der Waals surface area contributed by atoms with Gasteiger partial charge in [-0.25, -0.2) is 0 Å². The van der Waals surface area contributed by atoms with E-state index in [0.29, 0.717) is 0 Å². The predicted molar refractivity (Wildman–Crippen MR) is 128 cm³/mol. The van der Waals surface area contributed by atoms with Crippen LogP contribution in [0.4, 0.5) is 0 Å². The summed E-state index contributed by atoms with van der Waals surface area (Å²) in [4.78, 5) is 4.17. The molecule has 0 aliphatic carbocycles. The molecule has 0 saturated carbocycles. The molecule has 3 rings (SSSR count). The largest absolute Gasteiger partial charge is 0.258 e. The van der Waals surface area contributed by atoms with Gasteiger partial charge in [-0.15, -0.1) is 0 Å². The van der Waals surface area contributed by atoms with Crippen molar-refractivity contribution in [2.24, 2.45) is 0 Å². The second-order valence-corrected chi connectivity index (χ2v) is 6.16. The van der Waals surface area contributed by atoms with Crippen molar-refractivity contribution in [2.75, 3.05) is 0 Å². The highest BCUT2D eigenvalue weighted by Crippen LogP contribution is 2.02. The Balaban J connectivity index is 0. The van der Waals surface area contributed by atoms with E-state index in [9.17, 15) is 0 Å². The van der Waals surface area contributed by atoms with Crippen LogP contribution in [0.2, 0.25) is 0 Å². The molecule has 3 aromatic rings. The molecule has 1 heteroatoms. The molecular formula is C27H41N. The summed E-state index contributed by atoms with van der Waals surface area (Å²) < 4.78 is 0. The molecular weight excluding hydrogens is 338 g/mol. The van der Waals surface area contributed by atoms with Crippen LogP contribution < -0.4 is 0 Å². The van der Waals surface area contributed by atoms with Gasteiger partial charge in [0, 0.05) is 11.4 Å². The third-order valence-corrected chi connectivity index (χ3v) is 3.63. The summed E-state index contributed by atoms with van der Waals surface area (Å²) in [7, 11) is 0. The van der Waals surface area contributed by atoms with E-state index >= 15 is 0 Å². The third-order valence-electron chi connectivity index (χ3n) is 3.63. The highest BCUT2D eigenvalue weighted by Gasteiger charge is 1.84. The van der Waals surface area contributed by atoms with Crippen LogP contribution in [0.15, 0.2) is 66.7 Å². The number of nitrogens with zero attached hydrogens (tertiary/aromatic N) is 1. The van der Waals surface area contributed by atoms with E-state index < -0.39 is 0 Å². The fourth-order valence-electron chi connectivity index (χ4n) is 2.15. The minimum Gasteiger partial charge on any atom is -0.258 e. The predicted octanol–water partition coefficient (Wildman–Crippen LogP) is 8.36. The van der Waals surface area contributed by atoms with Crippen molar-refractivity contribution in [1.29, 1.82) is 0 Å². The molecule has 0 spiro atoms. The summed E-state index contributed by atoms with van der Waals surface area (Å²) in [5.41, 5.74) is 7.59. The van der Waals surface area contributed by atoms with Crippen LogP contribution in [0.5, 0.6) is 0 Å². The molecule has 0 atom stereocenters. The van der Waals surface area contributed by atoms with E-state index in [4.69, 9.17) is 0 Å². The molecule has 0 unspecified atom stereocenters. The summed E-state index contributed by atoms with van der Waals surface area (Å²) in [5.74, 6) is 0. The second-order valence-electron chi connectivity index (χ2n) is 6.16. The standard InChI is InChI=1S/2C8H10.C7H9N.2C2H6/c1-7-4-3-5-8(2)6-7;1-7-5-3-4-6-8(7)2;1-6-4-3-5-7(2)8-6;2*1-2/h2*3-6H,1-2H3;3-5H,1-2H3;2*1-2H3. The fraction of sp³-hybridized carbons (Fsp3) is 0.370. The molecule has 0 amide bonds. The van der Waals surface area contributed by atoms with Crippen molar-refractivity contribution >= 4 is 0 Å². The van der Waals surface area contributed by atoms with Crippen LogP contribution in [0.3, 0.4) is 0 Å². The molecule has 28 heavy (non-hydrogen) atoms. The molecule has 1 aromatic heterocycles. The Kier molecular flexibility index (Phi) is 17.9. The maximum atomic E-state index is 4.17. The van der Waals surface area contributed by atoms with Crippen LogP contribution in [-0.4, -0.2) is 4.98 Å². The smallest absolute Gasteiger partial charge is 0.0375 e. The summed E-state index contributed by atoms with van der Waals surface area (Å²) in [6.45, 7) is 20.4. The molecule has 2 aromatic carbocycles. The van der Waals surface area contributed by atoms with Crippen molar-refractivity contribution in [2.45, 2.75) is 69.2 Å². The van der Waals surface area contributed by atoms with Gasteiger partial charge in [0.25, 0.3) is 0 Å². The first kappa shape index (κ1) is 27.8. The zero-order valence-corrected chi connectivity index (χ0v) is 19.8. The van der Waals surface area contributed by atoms with Gasteiger partial charge in [0.05, 0.1) is 0 Å². The van der Waals surface area contributed by atoms with E-state index in [1.807, 2.05) is 59.7 Å². The molecule has 0 N–H and O–H groups in total. The summed E-state index contributed by atoms with van der Waals surface area (Å²) in [5, 5.41) is 0. The molecule has 1 heterocycles. The van der Waals surface area contributed by atoms with Crippen LogP contribution in [-0.2, 0) is 0 Å². The van der Waals surface area contributed by atoms with Gasteiger partial charge in [0.1, 0.15) is 0 Å². The van der Waals surface area contributed by atoms with Crippen LogP contribution in [0, 0.1) is 41.5 Å². The van der Waals surface area contributed by atoms with Crippen molar-refractivity contribution in [1.82, 2.24) is 4.98 Å². The maximum absolute atomic E-state index is 4.17. The van der Waals surface area contributed by atoms with Crippen LogP contribution in [0.1, 0.15) is 61.3 Å². The summed E-state index contributed by atoms with van der Waals surface area (Å²) in [6, 6.07) is 22.8. The van der Waals surface area contributed by atoms with E-state index in [1.54, 1.807) is 0 Å². The van der Waals surface area contributed by atoms with Gasteiger partial charge in [-0.1, -0.05) is 93.4 Å². The van der Waals surface area contributed by atoms with Crippen molar-refractivity contribution in [3.05, 3.63) is 100 Å². The number of rotatable bonds is 0. The molecule has 0 fully saturated rings. The first-order valence-electron chi connectivity index (χ1n) is 10.3. The monoisotopic (exact) mass is 379 g/mol. The maximum Gasteiger partial charge on any atom is 0.0375 e. The minimum atomic E-state index is 1.09. The lowest BCUT2D eigenvalue weighted by molar-refractivity contribution is 1.12. The van der Waals surface area contributed by atoms with Gasteiger partial charge >= 0.3 is 0 Å². The quantitative estimate of drug-likeness (QED) is 0.382. The normalized spacial score (nSPS) is 8.36. The second kappa shape index (κ2) is 18.0. The number of aromatic nitrogens is 1. The Hall–Kier alpha value is -2.41. The number of pyridine rings is 1. The van der Waals surface area contributed by atoms with Crippen LogP contribution in [0.25, 0.3) is 0 Å². The van der Waals surface area contributed by atoms with E-state index in [-0.39, 0.29) is 0 Å². The highest BCUT2D eigenvalue weighted by atomic mass is 14.7. The molecule has 0 bridgehead atoms. The molecule has 0 aliphatic rings.